The molecular weight excluding hydrogens is 368 g/mol. The minimum Gasteiger partial charge on any atom is -0.379 e. The molecule has 0 amide bonds. The summed E-state index contributed by atoms with van der Waals surface area (Å²) in [5.74, 6) is 0. The van der Waals surface area contributed by atoms with E-state index in [0.29, 0.717) is 13.2 Å². The Labute approximate surface area is 188 Å². The second-order valence-electron chi connectivity index (χ2n) is 8.80. The Morgan fingerprint density at radius 1 is 0.667 bits per heavy atom. The van der Waals surface area contributed by atoms with Gasteiger partial charge in [-0.05, 0) is 18.9 Å². The predicted molar refractivity (Wildman–Crippen MR) is 131 cm³/mol. The van der Waals surface area contributed by atoms with Crippen molar-refractivity contribution >= 4 is 0 Å². The average molecular weight is 418 g/mol. The summed E-state index contributed by atoms with van der Waals surface area (Å²) >= 11 is 0. The number of unbranched alkanes of at least 4 members (excludes halogenated alkanes) is 15. The molecule has 0 bridgehead atoms. The molecule has 0 saturated heterocycles. The third kappa shape index (κ3) is 18.0. The van der Waals surface area contributed by atoms with Crippen LogP contribution in [0.15, 0.2) is 30.3 Å². The van der Waals surface area contributed by atoms with Gasteiger partial charge in [0.15, 0.2) is 0 Å². The van der Waals surface area contributed by atoms with Gasteiger partial charge in [-0.2, -0.15) is 0 Å². The standard InChI is InChI=1S/C28H49O2/c1-3-4-5-6-7-8-9-10-11-12-13-14-15-16-17-21-24-29-25-27(2)30-26-28-22-19-18-20-23-28/h18-20,22-23,27H,2-17,21,24-26H2,1H3/t27-/m1/s1. The molecule has 0 N–H and O–H groups in total. The summed E-state index contributed by atoms with van der Waals surface area (Å²) in [5, 5.41) is 0. The molecule has 0 fully saturated rings. The average Bonchev–Trinajstić information content (AvgIpc) is 2.77. The lowest BCUT2D eigenvalue weighted by molar-refractivity contribution is -0.00217. The molecule has 0 aliphatic heterocycles. The SMILES string of the molecule is [CH2][C@H](COCCCCCCCCCCCCCCCCCC)OCc1ccccc1. The Hall–Kier alpha value is -0.860. The molecule has 1 rings (SSSR count). The number of hydrogen-bond donors (Lipinski definition) is 0. The molecule has 0 aromatic heterocycles. The van der Waals surface area contributed by atoms with Crippen LogP contribution in [0, 0.1) is 6.92 Å². The molecule has 0 aliphatic rings. The van der Waals surface area contributed by atoms with Gasteiger partial charge < -0.3 is 9.47 Å². The first-order chi connectivity index (χ1) is 14.8. The number of rotatable bonds is 22. The number of hydrogen-bond acceptors (Lipinski definition) is 2. The Kier molecular flexibility index (Phi) is 19.4. The molecule has 173 valence electrons. The van der Waals surface area contributed by atoms with Crippen molar-refractivity contribution in [3.8, 4) is 0 Å². The first-order valence-electron chi connectivity index (χ1n) is 12.9. The van der Waals surface area contributed by atoms with Gasteiger partial charge in [0.25, 0.3) is 0 Å². The van der Waals surface area contributed by atoms with Gasteiger partial charge in [0, 0.05) is 6.61 Å². The minimum absolute atomic E-state index is 0.0914. The summed E-state index contributed by atoms with van der Waals surface area (Å²) in [6.07, 6.45) is 22.3. The van der Waals surface area contributed by atoms with Crippen LogP contribution in [0.3, 0.4) is 0 Å². The van der Waals surface area contributed by atoms with Gasteiger partial charge in [-0.25, -0.2) is 0 Å². The van der Waals surface area contributed by atoms with Crippen LogP contribution in [0.1, 0.15) is 115 Å². The second-order valence-corrected chi connectivity index (χ2v) is 8.80. The van der Waals surface area contributed by atoms with Gasteiger partial charge in [0.2, 0.25) is 0 Å². The normalized spacial score (nSPS) is 12.3. The Morgan fingerprint density at radius 3 is 1.63 bits per heavy atom. The van der Waals surface area contributed by atoms with Crippen LogP contribution in [0.2, 0.25) is 0 Å². The van der Waals surface area contributed by atoms with Gasteiger partial charge in [-0.3, -0.25) is 0 Å². The zero-order valence-electron chi connectivity index (χ0n) is 19.9. The fourth-order valence-electron chi connectivity index (χ4n) is 3.80. The van der Waals surface area contributed by atoms with Crippen molar-refractivity contribution in [2.45, 2.75) is 122 Å². The summed E-state index contributed by atoms with van der Waals surface area (Å²) in [5.41, 5.74) is 1.18. The Morgan fingerprint density at radius 2 is 1.13 bits per heavy atom. The summed E-state index contributed by atoms with van der Waals surface area (Å²) in [6.45, 7) is 8.34. The minimum atomic E-state index is -0.0914. The predicted octanol–water partition coefficient (Wildman–Crippen LogP) is 8.68. The van der Waals surface area contributed by atoms with Gasteiger partial charge in [-0.1, -0.05) is 134 Å². The zero-order valence-corrected chi connectivity index (χ0v) is 19.9. The van der Waals surface area contributed by atoms with Crippen LogP contribution in [-0.2, 0) is 16.1 Å². The smallest absolute Gasteiger partial charge is 0.0814 e. The van der Waals surface area contributed by atoms with Crippen LogP contribution < -0.4 is 0 Å². The van der Waals surface area contributed by atoms with E-state index in [-0.39, 0.29) is 6.10 Å². The highest BCUT2D eigenvalue weighted by atomic mass is 16.5. The van der Waals surface area contributed by atoms with Crippen molar-refractivity contribution in [1.29, 1.82) is 0 Å². The summed E-state index contributed by atoms with van der Waals surface area (Å²) in [4.78, 5) is 0. The molecule has 2 heteroatoms. The molecule has 1 aromatic rings. The van der Waals surface area contributed by atoms with Crippen molar-refractivity contribution < 1.29 is 9.47 Å². The van der Waals surface area contributed by atoms with E-state index in [4.69, 9.17) is 9.47 Å². The Balaban J connectivity index is 1.72. The van der Waals surface area contributed by atoms with E-state index in [1.807, 2.05) is 18.2 Å². The molecule has 1 atom stereocenters. The van der Waals surface area contributed by atoms with Gasteiger partial charge in [-0.15, -0.1) is 0 Å². The van der Waals surface area contributed by atoms with E-state index in [9.17, 15) is 0 Å². The van der Waals surface area contributed by atoms with E-state index in [1.54, 1.807) is 0 Å². The second kappa shape index (κ2) is 21.4. The molecular formula is C28H49O2. The maximum absolute atomic E-state index is 5.73. The Bertz CT molecular complexity index is 445. The summed E-state index contributed by atoms with van der Waals surface area (Å²) in [6, 6.07) is 10.2. The molecule has 0 aliphatic carbocycles. The van der Waals surface area contributed by atoms with Gasteiger partial charge in [0.1, 0.15) is 0 Å². The van der Waals surface area contributed by atoms with Crippen LogP contribution in [0.25, 0.3) is 0 Å². The van der Waals surface area contributed by atoms with Crippen molar-refractivity contribution in [2.75, 3.05) is 13.2 Å². The third-order valence-corrected chi connectivity index (χ3v) is 5.77. The highest BCUT2D eigenvalue weighted by molar-refractivity contribution is 5.13. The summed E-state index contributed by atoms with van der Waals surface area (Å²) in [7, 11) is 0. The van der Waals surface area contributed by atoms with Crippen molar-refractivity contribution in [3.63, 3.8) is 0 Å². The first-order valence-corrected chi connectivity index (χ1v) is 12.9. The molecule has 1 radical (unpaired) electrons. The molecule has 0 unspecified atom stereocenters. The zero-order chi connectivity index (χ0) is 21.5. The number of benzene rings is 1. The van der Waals surface area contributed by atoms with Crippen LogP contribution in [0.4, 0.5) is 0 Å². The van der Waals surface area contributed by atoms with E-state index in [1.165, 1.54) is 102 Å². The van der Waals surface area contributed by atoms with Crippen molar-refractivity contribution in [1.82, 2.24) is 0 Å². The maximum atomic E-state index is 5.73. The lowest BCUT2D eigenvalue weighted by atomic mass is 10.0. The molecule has 0 heterocycles. The highest BCUT2D eigenvalue weighted by Gasteiger charge is 2.03. The molecule has 0 saturated carbocycles. The summed E-state index contributed by atoms with van der Waals surface area (Å²) < 4.78 is 11.4. The first kappa shape index (κ1) is 27.2. The maximum Gasteiger partial charge on any atom is 0.0814 e. The quantitative estimate of drug-likeness (QED) is 0.176. The fraction of sp³-hybridized carbons (Fsp3) is 0.750. The topological polar surface area (TPSA) is 18.5 Å². The largest absolute Gasteiger partial charge is 0.379 e. The number of ether oxygens (including phenoxy) is 2. The van der Waals surface area contributed by atoms with E-state index >= 15 is 0 Å². The van der Waals surface area contributed by atoms with Crippen molar-refractivity contribution in [2.24, 2.45) is 0 Å². The van der Waals surface area contributed by atoms with Crippen LogP contribution >= 0.6 is 0 Å². The van der Waals surface area contributed by atoms with Crippen molar-refractivity contribution in [3.05, 3.63) is 42.8 Å². The van der Waals surface area contributed by atoms with E-state index < -0.39 is 0 Å². The fourth-order valence-corrected chi connectivity index (χ4v) is 3.80. The molecule has 2 nitrogen and oxygen atoms in total. The third-order valence-electron chi connectivity index (χ3n) is 5.77. The molecule has 1 aromatic carbocycles. The van der Waals surface area contributed by atoms with Gasteiger partial charge in [0.05, 0.1) is 19.3 Å². The van der Waals surface area contributed by atoms with Gasteiger partial charge >= 0.3 is 0 Å². The van der Waals surface area contributed by atoms with E-state index in [2.05, 4.69) is 26.0 Å². The lowest BCUT2D eigenvalue weighted by Crippen LogP contribution is -2.16. The monoisotopic (exact) mass is 417 g/mol. The van der Waals surface area contributed by atoms with Crippen LogP contribution in [0.5, 0.6) is 0 Å². The van der Waals surface area contributed by atoms with Crippen LogP contribution in [-0.4, -0.2) is 19.3 Å². The molecule has 0 spiro atoms. The van der Waals surface area contributed by atoms with E-state index in [0.717, 1.165) is 13.0 Å². The highest BCUT2D eigenvalue weighted by Crippen LogP contribution is 2.13. The molecule has 30 heavy (non-hydrogen) atoms. The lowest BCUT2D eigenvalue weighted by Gasteiger charge is -2.13.